The van der Waals surface area contributed by atoms with Crippen LogP contribution >= 0.6 is 11.6 Å². The van der Waals surface area contributed by atoms with Crippen LogP contribution in [0.4, 0.5) is 5.95 Å². The normalized spacial score (nSPS) is 10.8. The van der Waals surface area contributed by atoms with E-state index < -0.39 is 0 Å². The molecule has 0 saturated carbocycles. The molecule has 0 aliphatic rings. The van der Waals surface area contributed by atoms with Crippen LogP contribution in [0.1, 0.15) is 18.1 Å². The minimum absolute atomic E-state index is 0.130. The molecule has 24 heavy (non-hydrogen) atoms. The summed E-state index contributed by atoms with van der Waals surface area (Å²) in [6.45, 7) is 3.46. The van der Waals surface area contributed by atoms with Crippen LogP contribution in [0.2, 0.25) is 5.15 Å². The summed E-state index contributed by atoms with van der Waals surface area (Å²) in [6, 6.07) is 10.1. The fourth-order valence-electron chi connectivity index (χ4n) is 2.28. The van der Waals surface area contributed by atoms with Crippen LogP contribution in [0.25, 0.3) is 0 Å². The lowest BCUT2D eigenvalue weighted by Gasteiger charge is -2.21. The molecule has 6 nitrogen and oxygen atoms in total. The first kappa shape index (κ1) is 18.2. The Labute approximate surface area is 146 Å². The Morgan fingerprint density at radius 3 is 2.75 bits per heavy atom. The molecule has 0 atom stereocenters. The number of anilines is 1. The van der Waals surface area contributed by atoms with Gasteiger partial charge in [-0.1, -0.05) is 41.9 Å². The highest BCUT2D eigenvalue weighted by Crippen LogP contribution is 2.15. The molecule has 7 heteroatoms. The van der Waals surface area contributed by atoms with Crippen molar-refractivity contribution in [3.8, 4) is 0 Å². The predicted molar refractivity (Wildman–Crippen MR) is 93.5 cm³/mol. The maximum Gasteiger partial charge on any atom is 0.320 e. The van der Waals surface area contributed by atoms with Gasteiger partial charge in [0.15, 0.2) is 0 Å². The van der Waals surface area contributed by atoms with Crippen molar-refractivity contribution in [1.29, 1.82) is 0 Å². The van der Waals surface area contributed by atoms with Gasteiger partial charge in [0.25, 0.3) is 0 Å². The summed E-state index contributed by atoms with van der Waals surface area (Å²) in [6.07, 6.45) is 2.40. The van der Waals surface area contributed by atoms with Crippen LogP contribution < -0.4 is 5.73 Å². The van der Waals surface area contributed by atoms with Crippen molar-refractivity contribution < 1.29 is 9.53 Å². The lowest BCUT2D eigenvalue weighted by atomic mass is 10.1. The molecular formula is C17H21ClN4O2. The molecule has 0 bridgehead atoms. The highest BCUT2D eigenvalue weighted by Gasteiger charge is 2.15. The van der Waals surface area contributed by atoms with E-state index >= 15 is 0 Å². The average molecular weight is 349 g/mol. The topological polar surface area (TPSA) is 81.3 Å². The van der Waals surface area contributed by atoms with Gasteiger partial charge in [0.2, 0.25) is 5.95 Å². The van der Waals surface area contributed by atoms with Gasteiger partial charge in [-0.3, -0.25) is 9.69 Å². The first-order chi connectivity index (χ1) is 11.6. The molecule has 2 N–H and O–H groups in total. The maximum atomic E-state index is 11.8. The molecular weight excluding hydrogens is 328 g/mol. The summed E-state index contributed by atoms with van der Waals surface area (Å²) < 4.78 is 5.05. The van der Waals surface area contributed by atoms with Crippen molar-refractivity contribution in [2.24, 2.45) is 0 Å². The summed E-state index contributed by atoms with van der Waals surface area (Å²) in [5.74, 6) is -0.136. The first-order valence-electron chi connectivity index (χ1n) is 7.77. The number of nitrogens with zero attached hydrogens (tertiary/aromatic N) is 3. The second-order valence-electron chi connectivity index (χ2n) is 5.30. The van der Waals surface area contributed by atoms with Crippen LogP contribution in [0.3, 0.4) is 0 Å². The summed E-state index contributed by atoms with van der Waals surface area (Å²) in [4.78, 5) is 21.7. The van der Waals surface area contributed by atoms with Gasteiger partial charge in [-0.15, -0.1) is 0 Å². The van der Waals surface area contributed by atoms with Gasteiger partial charge in [-0.05, 0) is 18.9 Å². The number of nitrogen functional groups attached to an aromatic ring is 1. The smallest absolute Gasteiger partial charge is 0.320 e. The molecule has 1 aromatic carbocycles. The SMILES string of the molecule is CCOC(=O)CN(CCc1ccccc1)Cc1cnc(N)nc1Cl. The molecule has 0 amide bonds. The Morgan fingerprint density at radius 1 is 1.33 bits per heavy atom. The van der Waals surface area contributed by atoms with Crippen LogP contribution in [0.15, 0.2) is 36.5 Å². The Kier molecular flexibility index (Phi) is 6.96. The van der Waals surface area contributed by atoms with E-state index in [1.807, 2.05) is 23.1 Å². The van der Waals surface area contributed by atoms with E-state index in [9.17, 15) is 4.79 Å². The Hall–Kier alpha value is -2.18. The number of benzene rings is 1. The molecule has 1 heterocycles. The van der Waals surface area contributed by atoms with Crippen LogP contribution in [0, 0.1) is 0 Å². The molecule has 128 valence electrons. The van der Waals surface area contributed by atoms with Crippen molar-refractivity contribution in [3.05, 3.63) is 52.8 Å². The molecule has 1 aromatic heterocycles. The zero-order valence-corrected chi connectivity index (χ0v) is 14.4. The van der Waals surface area contributed by atoms with E-state index in [0.717, 1.165) is 12.0 Å². The second-order valence-corrected chi connectivity index (χ2v) is 5.65. The monoisotopic (exact) mass is 348 g/mol. The fourth-order valence-corrected chi connectivity index (χ4v) is 2.48. The Bertz CT molecular complexity index is 667. The number of rotatable bonds is 8. The van der Waals surface area contributed by atoms with Gasteiger partial charge >= 0.3 is 5.97 Å². The minimum atomic E-state index is -0.266. The average Bonchev–Trinajstić information content (AvgIpc) is 2.56. The molecule has 0 fully saturated rings. The maximum absolute atomic E-state index is 11.8. The molecule has 2 aromatic rings. The zero-order chi connectivity index (χ0) is 17.4. The second kappa shape index (κ2) is 9.20. The molecule has 0 unspecified atom stereocenters. The van der Waals surface area contributed by atoms with Crippen molar-refractivity contribution in [2.75, 3.05) is 25.4 Å². The van der Waals surface area contributed by atoms with Crippen molar-refractivity contribution in [1.82, 2.24) is 14.9 Å². The first-order valence-corrected chi connectivity index (χ1v) is 8.15. The van der Waals surface area contributed by atoms with E-state index in [1.54, 1.807) is 13.1 Å². The molecule has 0 radical (unpaired) electrons. The third-order valence-electron chi connectivity index (χ3n) is 3.44. The van der Waals surface area contributed by atoms with Crippen LogP contribution in [-0.4, -0.2) is 40.5 Å². The van der Waals surface area contributed by atoms with Gasteiger partial charge < -0.3 is 10.5 Å². The fraction of sp³-hybridized carbons (Fsp3) is 0.353. The molecule has 0 aliphatic heterocycles. The standard InChI is InChI=1S/C17H21ClN4O2/c1-2-24-15(23)12-22(9-8-13-6-4-3-5-7-13)11-14-10-20-17(19)21-16(14)18/h3-7,10H,2,8-9,11-12H2,1H3,(H2,19,20,21). The molecule has 2 rings (SSSR count). The number of halogens is 1. The third kappa shape index (κ3) is 5.79. The van der Waals surface area contributed by atoms with E-state index in [1.165, 1.54) is 5.56 Å². The van der Waals surface area contributed by atoms with E-state index in [4.69, 9.17) is 22.1 Å². The largest absolute Gasteiger partial charge is 0.465 e. The van der Waals surface area contributed by atoms with Crippen LogP contribution in [-0.2, 0) is 22.5 Å². The lowest BCUT2D eigenvalue weighted by Crippen LogP contribution is -2.32. The van der Waals surface area contributed by atoms with E-state index in [-0.39, 0.29) is 18.5 Å². The van der Waals surface area contributed by atoms with Gasteiger partial charge in [0, 0.05) is 24.8 Å². The summed E-state index contributed by atoms with van der Waals surface area (Å²) >= 11 is 6.11. The van der Waals surface area contributed by atoms with Crippen molar-refractivity contribution in [2.45, 2.75) is 19.9 Å². The zero-order valence-electron chi connectivity index (χ0n) is 13.6. The summed E-state index contributed by atoms with van der Waals surface area (Å²) in [5, 5.41) is 0.302. The number of hydrogen-bond donors (Lipinski definition) is 1. The summed E-state index contributed by atoms with van der Waals surface area (Å²) in [5.41, 5.74) is 7.44. The van der Waals surface area contributed by atoms with Gasteiger partial charge in [-0.2, -0.15) is 0 Å². The number of hydrogen-bond acceptors (Lipinski definition) is 6. The quantitative estimate of drug-likeness (QED) is 0.582. The Morgan fingerprint density at radius 2 is 2.08 bits per heavy atom. The number of aromatic nitrogens is 2. The van der Waals surface area contributed by atoms with Gasteiger partial charge in [0.05, 0.1) is 13.2 Å². The van der Waals surface area contributed by atoms with Crippen LogP contribution in [0.5, 0.6) is 0 Å². The molecule has 0 spiro atoms. The highest BCUT2D eigenvalue weighted by atomic mass is 35.5. The van der Waals surface area contributed by atoms with Crippen molar-refractivity contribution >= 4 is 23.5 Å². The van der Waals surface area contributed by atoms with Gasteiger partial charge in [-0.25, -0.2) is 9.97 Å². The highest BCUT2D eigenvalue weighted by molar-refractivity contribution is 6.30. The van der Waals surface area contributed by atoms with E-state index in [0.29, 0.717) is 24.8 Å². The molecule has 0 aliphatic carbocycles. The molecule has 0 saturated heterocycles. The minimum Gasteiger partial charge on any atom is -0.465 e. The number of carbonyl (C=O) groups excluding carboxylic acids is 1. The lowest BCUT2D eigenvalue weighted by molar-refractivity contribution is -0.144. The van der Waals surface area contributed by atoms with Gasteiger partial charge in [0.1, 0.15) is 5.15 Å². The number of ether oxygens (including phenoxy) is 1. The number of nitrogens with two attached hydrogens (primary N) is 1. The summed E-state index contributed by atoms with van der Waals surface area (Å²) in [7, 11) is 0. The number of carbonyl (C=O) groups is 1. The number of esters is 1. The van der Waals surface area contributed by atoms with Crippen molar-refractivity contribution in [3.63, 3.8) is 0 Å². The third-order valence-corrected chi connectivity index (χ3v) is 3.77. The van der Waals surface area contributed by atoms with E-state index in [2.05, 4.69) is 22.1 Å². The Balaban J connectivity index is 2.05. The predicted octanol–water partition coefficient (Wildman–Crippen LogP) is 2.32.